The molecule has 7 nitrogen and oxygen atoms in total. The number of hydrogen-bond acceptors (Lipinski definition) is 3. The van der Waals surface area contributed by atoms with Gasteiger partial charge < -0.3 is 14.7 Å². The van der Waals surface area contributed by atoms with Crippen LogP contribution in [0.2, 0.25) is 0 Å². The molecule has 2 fully saturated rings. The number of aromatic nitrogens is 2. The predicted molar refractivity (Wildman–Crippen MR) is 111 cm³/mol. The molecule has 0 saturated carbocycles. The maximum Gasteiger partial charge on any atom is 0.320 e. The molecule has 1 aromatic heterocycles. The summed E-state index contributed by atoms with van der Waals surface area (Å²) in [5.74, 6) is 0.560. The highest BCUT2D eigenvalue weighted by molar-refractivity contribution is 5.95. The monoisotopic (exact) mass is 395 g/mol. The van der Waals surface area contributed by atoms with Gasteiger partial charge in [-0.15, -0.1) is 0 Å². The Morgan fingerprint density at radius 2 is 1.83 bits per heavy atom. The molecule has 3 atom stereocenters. The Bertz CT molecular complexity index is 950. The van der Waals surface area contributed by atoms with Crippen LogP contribution in [0, 0.1) is 25.7 Å². The van der Waals surface area contributed by atoms with Crippen molar-refractivity contribution in [1.29, 1.82) is 0 Å². The maximum atomic E-state index is 13.1. The highest BCUT2D eigenvalue weighted by atomic mass is 16.2. The zero-order valence-corrected chi connectivity index (χ0v) is 17.8. The van der Waals surface area contributed by atoms with E-state index < -0.39 is 0 Å². The Labute approximate surface area is 171 Å². The van der Waals surface area contributed by atoms with Gasteiger partial charge >= 0.3 is 6.03 Å². The number of benzene rings is 1. The summed E-state index contributed by atoms with van der Waals surface area (Å²) in [6.45, 7) is 5.98. The number of amides is 3. The van der Waals surface area contributed by atoms with Gasteiger partial charge in [0.1, 0.15) is 0 Å². The van der Waals surface area contributed by atoms with Crippen molar-refractivity contribution in [2.45, 2.75) is 19.9 Å². The summed E-state index contributed by atoms with van der Waals surface area (Å²) in [5.41, 5.74) is 3.79. The maximum absolute atomic E-state index is 13.1. The van der Waals surface area contributed by atoms with E-state index in [9.17, 15) is 9.59 Å². The van der Waals surface area contributed by atoms with Crippen LogP contribution in [0.5, 0.6) is 0 Å². The number of fused-ring (bicyclic) bond motifs is 1. The summed E-state index contributed by atoms with van der Waals surface area (Å²) in [6.07, 6.45) is 1.80. The molecular formula is C22H29N5O2. The number of hydrogen-bond donors (Lipinski definition) is 0. The van der Waals surface area contributed by atoms with Crippen molar-refractivity contribution < 1.29 is 9.59 Å². The Hall–Kier alpha value is -2.83. The first-order valence-corrected chi connectivity index (χ1v) is 10.1. The summed E-state index contributed by atoms with van der Waals surface area (Å²) < 4.78 is 1.69. The highest BCUT2D eigenvalue weighted by Crippen LogP contribution is 2.46. The Morgan fingerprint density at radius 1 is 1.10 bits per heavy atom. The molecule has 154 valence electrons. The zero-order chi connectivity index (χ0) is 20.9. The first-order valence-electron chi connectivity index (χ1n) is 10.1. The second kappa shape index (κ2) is 7.21. The Kier molecular flexibility index (Phi) is 4.84. The summed E-state index contributed by atoms with van der Waals surface area (Å²) in [4.78, 5) is 31.6. The van der Waals surface area contributed by atoms with Gasteiger partial charge in [0.25, 0.3) is 5.91 Å². The van der Waals surface area contributed by atoms with Crippen LogP contribution in [0.1, 0.15) is 33.2 Å². The molecule has 4 rings (SSSR count). The molecule has 0 bridgehead atoms. The summed E-state index contributed by atoms with van der Waals surface area (Å²) in [6, 6.07) is 8.30. The van der Waals surface area contributed by atoms with E-state index in [-0.39, 0.29) is 29.8 Å². The molecule has 0 N–H and O–H groups in total. The van der Waals surface area contributed by atoms with Crippen LogP contribution in [0.4, 0.5) is 4.79 Å². The van der Waals surface area contributed by atoms with E-state index in [1.165, 1.54) is 11.1 Å². The molecule has 0 aliphatic carbocycles. The molecule has 3 heterocycles. The van der Waals surface area contributed by atoms with E-state index in [0.717, 1.165) is 5.69 Å². The first-order chi connectivity index (χ1) is 13.8. The molecule has 7 heteroatoms. The molecule has 2 aliphatic heterocycles. The van der Waals surface area contributed by atoms with E-state index in [0.29, 0.717) is 25.2 Å². The fraction of sp³-hybridized carbons (Fsp3) is 0.500. The molecule has 29 heavy (non-hydrogen) atoms. The Morgan fingerprint density at radius 3 is 2.45 bits per heavy atom. The smallest absolute Gasteiger partial charge is 0.320 e. The topological polar surface area (TPSA) is 61.7 Å². The van der Waals surface area contributed by atoms with E-state index >= 15 is 0 Å². The zero-order valence-electron chi connectivity index (χ0n) is 17.8. The number of urea groups is 1. The largest absolute Gasteiger partial charge is 0.338 e. The lowest BCUT2D eigenvalue weighted by Gasteiger charge is -2.32. The van der Waals surface area contributed by atoms with Crippen molar-refractivity contribution in [3.8, 4) is 0 Å². The minimum atomic E-state index is -0.0103. The van der Waals surface area contributed by atoms with Crippen molar-refractivity contribution in [1.82, 2.24) is 24.5 Å². The van der Waals surface area contributed by atoms with Gasteiger partial charge in [0.15, 0.2) is 0 Å². The number of aryl methyl sites for hydroxylation is 3. The quantitative estimate of drug-likeness (QED) is 0.785. The lowest BCUT2D eigenvalue weighted by atomic mass is 9.88. The van der Waals surface area contributed by atoms with Crippen LogP contribution in [0.25, 0.3) is 0 Å². The average Bonchev–Trinajstić information content (AvgIpc) is 3.33. The average molecular weight is 396 g/mol. The third-order valence-electron chi connectivity index (χ3n) is 6.33. The lowest BCUT2D eigenvalue weighted by molar-refractivity contribution is 0.0765. The van der Waals surface area contributed by atoms with Gasteiger partial charge in [-0.2, -0.15) is 5.10 Å². The van der Waals surface area contributed by atoms with Crippen molar-refractivity contribution in [2.75, 3.05) is 33.7 Å². The lowest BCUT2D eigenvalue weighted by Crippen LogP contribution is -2.42. The number of likely N-dealkylation sites (tertiary alicyclic amines) is 2. The second-order valence-electron chi connectivity index (χ2n) is 8.57. The molecule has 2 aromatic rings. The summed E-state index contributed by atoms with van der Waals surface area (Å²) in [5, 5.41) is 4.32. The molecule has 0 unspecified atom stereocenters. The SMILES string of the molecule is Cc1ccccc1[C@H]1[C@@H]2CN(C(=O)c3cn(C)nc3C)C[C@@H]2CN1C(=O)N(C)C. The molecule has 1 aromatic carbocycles. The van der Waals surface area contributed by atoms with Crippen LogP contribution < -0.4 is 0 Å². The van der Waals surface area contributed by atoms with E-state index in [2.05, 4.69) is 24.2 Å². The van der Waals surface area contributed by atoms with Crippen LogP contribution in [-0.4, -0.2) is 70.1 Å². The van der Waals surface area contributed by atoms with Crippen LogP contribution >= 0.6 is 0 Å². The number of nitrogens with zero attached hydrogens (tertiary/aromatic N) is 5. The standard InChI is InChI=1S/C22H29N5O2/c1-14-8-6-7-9-17(14)20-19-13-26(21(28)18-12-25(5)23-15(18)2)10-16(19)11-27(20)22(29)24(3)4/h6-9,12,16,19-20H,10-11,13H2,1-5H3/t16-,19-,20+/m1/s1. The van der Waals surface area contributed by atoms with E-state index in [4.69, 9.17) is 0 Å². The molecule has 0 radical (unpaired) electrons. The number of rotatable bonds is 2. The van der Waals surface area contributed by atoms with Gasteiger partial charge in [0, 0.05) is 58.8 Å². The third-order valence-corrected chi connectivity index (χ3v) is 6.33. The fourth-order valence-electron chi connectivity index (χ4n) is 4.96. The van der Waals surface area contributed by atoms with Crippen molar-refractivity contribution >= 4 is 11.9 Å². The van der Waals surface area contributed by atoms with Gasteiger partial charge in [0.2, 0.25) is 0 Å². The highest BCUT2D eigenvalue weighted by Gasteiger charge is 2.50. The number of carbonyl (C=O) groups excluding carboxylic acids is 2. The molecule has 3 amide bonds. The fourth-order valence-corrected chi connectivity index (χ4v) is 4.96. The van der Waals surface area contributed by atoms with Gasteiger partial charge in [-0.05, 0) is 25.0 Å². The minimum absolute atomic E-state index is 0.0103. The van der Waals surface area contributed by atoms with E-state index in [1.54, 1.807) is 29.9 Å². The third kappa shape index (κ3) is 3.28. The van der Waals surface area contributed by atoms with Crippen LogP contribution in [0.3, 0.4) is 0 Å². The van der Waals surface area contributed by atoms with Crippen LogP contribution in [-0.2, 0) is 7.05 Å². The molecule has 0 spiro atoms. The second-order valence-corrected chi connectivity index (χ2v) is 8.57. The van der Waals surface area contributed by atoms with Crippen LogP contribution in [0.15, 0.2) is 30.5 Å². The van der Waals surface area contributed by atoms with Gasteiger partial charge in [0.05, 0.1) is 17.3 Å². The Balaban J connectivity index is 1.64. The van der Waals surface area contributed by atoms with Crippen molar-refractivity contribution in [2.24, 2.45) is 18.9 Å². The molecule has 2 saturated heterocycles. The minimum Gasteiger partial charge on any atom is -0.338 e. The normalized spacial score (nSPS) is 23.4. The predicted octanol–water partition coefficient (Wildman–Crippen LogP) is 2.46. The molecule has 2 aliphatic rings. The van der Waals surface area contributed by atoms with Crippen molar-refractivity contribution in [3.05, 3.63) is 52.8 Å². The summed E-state index contributed by atoms with van der Waals surface area (Å²) >= 11 is 0. The van der Waals surface area contributed by atoms with Gasteiger partial charge in [-0.25, -0.2) is 4.79 Å². The van der Waals surface area contributed by atoms with Crippen molar-refractivity contribution in [3.63, 3.8) is 0 Å². The first kappa shape index (κ1) is 19.5. The summed E-state index contributed by atoms with van der Waals surface area (Å²) in [7, 11) is 5.43. The number of carbonyl (C=O) groups is 2. The van der Waals surface area contributed by atoms with E-state index in [1.807, 2.05) is 35.9 Å². The molecular weight excluding hydrogens is 366 g/mol. The van der Waals surface area contributed by atoms with Gasteiger partial charge in [-0.1, -0.05) is 24.3 Å². The van der Waals surface area contributed by atoms with Gasteiger partial charge in [-0.3, -0.25) is 9.48 Å².